The van der Waals surface area contributed by atoms with Crippen LogP contribution >= 0.6 is 11.3 Å². The van der Waals surface area contributed by atoms with Gasteiger partial charge in [0.2, 0.25) is 0 Å². The van der Waals surface area contributed by atoms with E-state index in [4.69, 9.17) is 15.2 Å². The number of nitrogens with zero attached hydrogens (tertiary/aromatic N) is 1. The van der Waals surface area contributed by atoms with Gasteiger partial charge < -0.3 is 20.1 Å². The van der Waals surface area contributed by atoms with Crippen LogP contribution in [0, 0.1) is 0 Å². The van der Waals surface area contributed by atoms with E-state index in [1.165, 1.54) is 11.3 Å². The molecule has 23 heavy (non-hydrogen) atoms. The number of thiophene rings is 1. The van der Waals surface area contributed by atoms with Gasteiger partial charge in [-0.3, -0.25) is 4.79 Å². The van der Waals surface area contributed by atoms with E-state index in [-0.39, 0.29) is 11.9 Å². The van der Waals surface area contributed by atoms with Crippen LogP contribution < -0.4 is 15.2 Å². The standard InChI is InChI=1S/C17H18N2O3S/c18-12-5-6-19(10-12)17(20)16-4-3-15(23-16)11-1-2-13-14(9-11)22-8-7-21-13/h1-4,9,12H,5-8,10,18H2/t12-/m1/s1. The fourth-order valence-corrected chi connectivity index (χ4v) is 3.90. The summed E-state index contributed by atoms with van der Waals surface area (Å²) in [5.74, 6) is 1.62. The second kappa shape index (κ2) is 5.86. The number of rotatable bonds is 2. The molecule has 120 valence electrons. The van der Waals surface area contributed by atoms with Gasteiger partial charge in [-0.15, -0.1) is 11.3 Å². The van der Waals surface area contributed by atoms with Crippen molar-refractivity contribution in [3.05, 3.63) is 35.2 Å². The van der Waals surface area contributed by atoms with Crippen LogP contribution in [0.5, 0.6) is 11.5 Å². The van der Waals surface area contributed by atoms with Crippen LogP contribution in [-0.2, 0) is 0 Å². The number of benzene rings is 1. The Morgan fingerprint density at radius 2 is 2.00 bits per heavy atom. The molecule has 2 N–H and O–H groups in total. The summed E-state index contributed by atoms with van der Waals surface area (Å²) >= 11 is 1.50. The van der Waals surface area contributed by atoms with Crippen LogP contribution in [0.2, 0.25) is 0 Å². The molecule has 2 aliphatic heterocycles. The van der Waals surface area contributed by atoms with Gasteiger partial charge in [0.15, 0.2) is 11.5 Å². The van der Waals surface area contributed by atoms with E-state index >= 15 is 0 Å². The quantitative estimate of drug-likeness (QED) is 0.918. The molecular weight excluding hydrogens is 312 g/mol. The highest BCUT2D eigenvalue weighted by atomic mass is 32.1. The lowest BCUT2D eigenvalue weighted by Crippen LogP contribution is -2.31. The molecule has 4 rings (SSSR count). The topological polar surface area (TPSA) is 64.8 Å². The van der Waals surface area contributed by atoms with Crippen molar-refractivity contribution in [2.24, 2.45) is 5.73 Å². The monoisotopic (exact) mass is 330 g/mol. The molecule has 3 heterocycles. The minimum Gasteiger partial charge on any atom is -0.486 e. The smallest absolute Gasteiger partial charge is 0.263 e. The fraction of sp³-hybridized carbons (Fsp3) is 0.353. The normalized spacial score (nSPS) is 19.9. The Kier molecular flexibility index (Phi) is 3.71. The van der Waals surface area contributed by atoms with Crippen molar-refractivity contribution in [3.8, 4) is 21.9 Å². The molecule has 0 bridgehead atoms. The van der Waals surface area contributed by atoms with E-state index in [2.05, 4.69) is 0 Å². The van der Waals surface area contributed by atoms with Crippen molar-refractivity contribution in [2.75, 3.05) is 26.3 Å². The van der Waals surface area contributed by atoms with Gasteiger partial charge in [0, 0.05) is 24.0 Å². The molecule has 2 aliphatic rings. The van der Waals surface area contributed by atoms with Gasteiger partial charge >= 0.3 is 0 Å². The Labute approximate surface area is 138 Å². The molecule has 1 atom stereocenters. The molecule has 1 aromatic carbocycles. The summed E-state index contributed by atoms with van der Waals surface area (Å²) in [6.45, 7) is 2.55. The first-order valence-corrected chi connectivity index (χ1v) is 8.57. The summed E-state index contributed by atoms with van der Waals surface area (Å²) in [6, 6.07) is 9.88. The zero-order chi connectivity index (χ0) is 15.8. The number of hydrogen-bond donors (Lipinski definition) is 1. The van der Waals surface area contributed by atoms with E-state index in [0.717, 1.165) is 39.8 Å². The number of ether oxygens (including phenoxy) is 2. The zero-order valence-corrected chi connectivity index (χ0v) is 13.5. The molecule has 1 aromatic heterocycles. The lowest BCUT2D eigenvalue weighted by molar-refractivity contribution is 0.0795. The first-order chi connectivity index (χ1) is 11.2. The third-order valence-corrected chi connectivity index (χ3v) is 5.28. The van der Waals surface area contributed by atoms with Gasteiger partial charge in [-0.25, -0.2) is 0 Å². The van der Waals surface area contributed by atoms with Gasteiger partial charge in [-0.2, -0.15) is 0 Å². The average molecular weight is 330 g/mol. The fourth-order valence-electron chi connectivity index (χ4n) is 2.93. The van der Waals surface area contributed by atoms with Gasteiger partial charge in [0.1, 0.15) is 13.2 Å². The molecule has 0 radical (unpaired) electrons. The highest BCUT2D eigenvalue weighted by Gasteiger charge is 2.25. The van der Waals surface area contributed by atoms with Gasteiger partial charge in [-0.05, 0) is 42.3 Å². The number of nitrogens with two attached hydrogens (primary N) is 1. The summed E-state index contributed by atoms with van der Waals surface area (Å²) in [5, 5.41) is 0. The van der Waals surface area contributed by atoms with Crippen LogP contribution in [0.15, 0.2) is 30.3 Å². The molecule has 5 nitrogen and oxygen atoms in total. The number of carbonyl (C=O) groups is 1. The second-order valence-corrected chi connectivity index (χ2v) is 6.91. The van der Waals surface area contributed by atoms with Gasteiger partial charge in [-0.1, -0.05) is 0 Å². The molecular formula is C17H18N2O3S. The van der Waals surface area contributed by atoms with Crippen molar-refractivity contribution < 1.29 is 14.3 Å². The lowest BCUT2D eigenvalue weighted by atomic mass is 10.1. The van der Waals surface area contributed by atoms with Crippen molar-refractivity contribution in [3.63, 3.8) is 0 Å². The number of hydrogen-bond acceptors (Lipinski definition) is 5. The molecule has 6 heteroatoms. The zero-order valence-electron chi connectivity index (χ0n) is 12.7. The van der Waals surface area contributed by atoms with Crippen molar-refractivity contribution in [1.29, 1.82) is 0 Å². The highest BCUT2D eigenvalue weighted by Crippen LogP contribution is 2.37. The van der Waals surface area contributed by atoms with Gasteiger partial charge in [0.25, 0.3) is 5.91 Å². The van der Waals surface area contributed by atoms with Crippen LogP contribution in [0.25, 0.3) is 10.4 Å². The Morgan fingerprint density at radius 3 is 2.78 bits per heavy atom. The minimum absolute atomic E-state index is 0.0757. The molecule has 0 aliphatic carbocycles. The SMILES string of the molecule is N[C@@H]1CCN(C(=O)c2ccc(-c3ccc4c(c3)OCCO4)s2)C1. The number of likely N-dealkylation sites (tertiary alicyclic amines) is 1. The molecule has 1 fully saturated rings. The third-order valence-electron chi connectivity index (χ3n) is 4.16. The van der Waals surface area contributed by atoms with E-state index in [1.54, 1.807) is 0 Å². The first-order valence-electron chi connectivity index (χ1n) is 7.75. The Hall–Kier alpha value is -2.05. The minimum atomic E-state index is 0.0757. The number of fused-ring (bicyclic) bond motifs is 1. The maximum atomic E-state index is 12.5. The second-order valence-electron chi connectivity index (χ2n) is 5.82. The summed E-state index contributed by atoms with van der Waals surface area (Å²) in [7, 11) is 0. The van der Waals surface area contributed by atoms with E-state index in [1.807, 2.05) is 35.2 Å². The summed E-state index contributed by atoms with van der Waals surface area (Å²) < 4.78 is 11.2. The number of amides is 1. The maximum Gasteiger partial charge on any atom is 0.263 e. The molecule has 0 spiro atoms. The highest BCUT2D eigenvalue weighted by molar-refractivity contribution is 7.17. The van der Waals surface area contributed by atoms with Crippen LogP contribution in [-0.4, -0.2) is 43.2 Å². The van der Waals surface area contributed by atoms with Crippen LogP contribution in [0.4, 0.5) is 0 Å². The molecule has 1 saturated heterocycles. The van der Waals surface area contributed by atoms with E-state index < -0.39 is 0 Å². The average Bonchev–Trinajstić information content (AvgIpc) is 3.23. The Morgan fingerprint density at radius 1 is 1.17 bits per heavy atom. The predicted molar refractivity (Wildman–Crippen MR) is 89.2 cm³/mol. The molecule has 0 unspecified atom stereocenters. The van der Waals surface area contributed by atoms with Gasteiger partial charge in [0.05, 0.1) is 4.88 Å². The first kappa shape index (κ1) is 14.5. The molecule has 0 saturated carbocycles. The largest absolute Gasteiger partial charge is 0.486 e. The van der Waals surface area contributed by atoms with Crippen LogP contribution in [0.3, 0.4) is 0 Å². The maximum absolute atomic E-state index is 12.5. The van der Waals surface area contributed by atoms with Crippen molar-refractivity contribution in [2.45, 2.75) is 12.5 Å². The Balaban J connectivity index is 1.57. The van der Waals surface area contributed by atoms with E-state index in [9.17, 15) is 4.79 Å². The summed E-state index contributed by atoms with van der Waals surface area (Å²) in [4.78, 5) is 16.1. The molecule has 1 amide bonds. The third kappa shape index (κ3) is 2.80. The summed E-state index contributed by atoms with van der Waals surface area (Å²) in [6.07, 6.45) is 0.881. The van der Waals surface area contributed by atoms with Crippen molar-refractivity contribution in [1.82, 2.24) is 4.90 Å². The number of carbonyl (C=O) groups excluding carboxylic acids is 1. The molecule has 2 aromatic rings. The summed E-state index contributed by atoms with van der Waals surface area (Å²) in [5.41, 5.74) is 6.92. The predicted octanol–water partition coefficient (Wildman–Crippen LogP) is 2.36. The van der Waals surface area contributed by atoms with Crippen LogP contribution in [0.1, 0.15) is 16.1 Å². The Bertz CT molecular complexity index is 743. The lowest BCUT2D eigenvalue weighted by Gasteiger charge is -2.18. The van der Waals surface area contributed by atoms with Crippen molar-refractivity contribution >= 4 is 17.2 Å². The van der Waals surface area contributed by atoms with E-state index in [0.29, 0.717) is 19.8 Å².